The fourth-order valence-electron chi connectivity index (χ4n) is 3.04. The molecule has 3 aromatic rings. The average Bonchev–Trinajstić information content (AvgIpc) is 3.34. The second-order valence-electron chi connectivity index (χ2n) is 7.33. The standard InChI is InChI=1S/C23H26N4O5S/c1-27(2)33(30,31)21-12-6-3-8-17(21)14-25-22(28)16-24-20-11-5-4-10-19(20)23(29)26-15-18-9-7-13-32-18/h3-13,24H,14-16H2,1-2H3,(H,25,28)(H,26,29). The Morgan fingerprint density at radius 2 is 1.64 bits per heavy atom. The van der Waals surface area contributed by atoms with Gasteiger partial charge in [0.2, 0.25) is 15.9 Å². The molecule has 174 valence electrons. The third-order valence-electron chi connectivity index (χ3n) is 4.82. The summed E-state index contributed by atoms with van der Waals surface area (Å²) in [5.74, 6) is -0.0275. The van der Waals surface area contributed by atoms with Crippen LogP contribution in [0.2, 0.25) is 0 Å². The van der Waals surface area contributed by atoms with Gasteiger partial charge in [0.25, 0.3) is 5.91 Å². The minimum Gasteiger partial charge on any atom is -0.467 e. The van der Waals surface area contributed by atoms with Crippen LogP contribution in [0.3, 0.4) is 0 Å². The van der Waals surface area contributed by atoms with Crippen LogP contribution in [0.15, 0.2) is 76.2 Å². The summed E-state index contributed by atoms with van der Waals surface area (Å²) in [4.78, 5) is 25.1. The van der Waals surface area contributed by atoms with E-state index < -0.39 is 10.0 Å². The molecule has 3 rings (SSSR count). The molecule has 10 heteroatoms. The third kappa shape index (κ3) is 6.21. The molecule has 3 N–H and O–H groups in total. The SMILES string of the molecule is CN(C)S(=O)(=O)c1ccccc1CNC(=O)CNc1ccccc1C(=O)NCc1ccco1. The second-order valence-corrected chi connectivity index (χ2v) is 9.45. The van der Waals surface area contributed by atoms with Crippen molar-refractivity contribution in [1.82, 2.24) is 14.9 Å². The zero-order valence-electron chi connectivity index (χ0n) is 18.4. The van der Waals surface area contributed by atoms with Crippen molar-refractivity contribution in [3.63, 3.8) is 0 Å². The number of sulfonamides is 1. The van der Waals surface area contributed by atoms with Crippen LogP contribution in [0.5, 0.6) is 0 Å². The Bertz CT molecular complexity index is 1210. The van der Waals surface area contributed by atoms with Gasteiger partial charge in [0.15, 0.2) is 0 Å². The zero-order valence-corrected chi connectivity index (χ0v) is 19.2. The Hall–Kier alpha value is -3.63. The number of rotatable bonds is 10. The van der Waals surface area contributed by atoms with E-state index in [0.717, 1.165) is 4.31 Å². The molecule has 0 atom stereocenters. The minimum atomic E-state index is -3.63. The number of hydrogen-bond acceptors (Lipinski definition) is 6. The molecule has 0 saturated carbocycles. The van der Waals surface area contributed by atoms with Crippen molar-refractivity contribution < 1.29 is 22.4 Å². The van der Waals surface area contributed by atoms with Crippen molar-refractivity contribution in [3.05, 3.63) is 83.8 Å². The summed E-state index contributed by atoms with van der Waals surface area (Å²) in [6.07, 6.45) is 1.53. The molecule has 1 aromatic heterocycles. The van der Waals surface area contributed by atoms with Gasteiger partial charge in [-0.25, -0.2) is 12.7 Å². The van der Waals surface area contributed by atoms with E-state index in [1.807, 2.05) is 0 Å². The lowest BCUT2D eigenvalue weighted by atomic mass is 10.1. The summed E-state index contributed by atoms with van der Waals surface area (Å²) >= 11 is 0. The summed E-state index contributed by atoms with van der Waals surface area (Å²) in [6.45, 7) is 0.204. The average molecular weight is 471 g/mol. The Kier molecular flexibility index (Phi) is 7.86. The highest BCUT2D eigenvalue weighted by atomic mass is 32.2. The molecule has 0 radical (unpaired) electrons. The van der Waals surface area contributed by atoms with Crippen LogP contribution in [0, 0.1) is 0 Å². The quantitative estimate of drug-likeness (QED) is 0.418. The normalized spacial score (nSPS) is 11.2. The monoisotopic (exact) mass is 470 g/mol. The molecule has 1 heterocycles. The van der Waals surface area contributed by atoms with E-state index >= 15 is 0 Å². The van der Waals surface area contributed by atoms with Gasteiger partial charge in [-0.3, -0.25) is 9.59 Å². The summed E-state index contributed by atoms with van der Waals surface area (Å²) in [5, 5.41) is 8.45. The summed E-state index contributed by atoms with van der Waals surface area (Å²) < 4.78 is 31.3. The van der Waals surface area contributed by atoms with Crippen LogP contribution in [0.25, 0.3) is 0 Å². The topological polar surface area (TPSA) is 121 Å². The van der Waals surface area contributed by atoms with Crippen molar-refractivity contribution in [1.29, 1.82) is 0 Å². The van der Waals surface area contributed by atoms with Gasteiger partial charge in [0.1, 0.15) is 5.76 Å². The highest BCUT2D eigenvalue weighted by Gasteiger charge is 2.21. The number of hydrogen-bond donors (Lipinski definition) is 3. The van der Waals surface area contributed by atoms with Crippen LogP contribution in [-0.4, -0.2) is 45.2 Å². The van der Waals surface area contributed by atoms with Crippen LogP contribution >= 0.6 is 0 Å². The molecule has 2 aromatic carbocycles. The first-order valence-corrected chi connectivity index (χ1v) is 11.6. The highest BCUT2D eigenvalue weighted by Crippen LogP contribution is 2.18. The molecule has 0 aliphatic carbocycles. The van der Waals surface area contributed by atoms with E-state index in [9.17, 15) is 18.0 Å². The maximum absolute atomic E-state index is 12.5. The van der Waals surface area contributed by atoms with Gasteiger partial charge in [-0.05, 0) is 35.9 Å². The van der Waals surface area contributed by atoms with Crippen molar-refractivity contribution in [2.45, 2.75) is 18.0 Å². The molecule has 2 amide bonds. The molecule has 9 nitrogen and oxygen atoms in total. The van der Waals surface area contributed by atoms with E-state index in [1.165, 1.54) is 26.4 Å². The molecule has 0 fully saturated rings. The number of carbonyl (C=O) groups excluding carboxylic acids is 2. The largest absolute Gasteiger partial charge is 0.467 e. The lowest BCUT2D eigenvalue weighted by Gasteiger charge is -2.16. The first-order valence-electron chi connectivity index (χ1n) is 10.2. The molecule has 0 bridgehead atoms. The number of benzene rings is 2. The molecule has 0 unspecified atom stereocenters. The van der Waals surface area contributed by atoms with E-state index in [4.69, 9.17) is 4.42 Å². The Morgan fingerprint density at radius 3 is 2.36 bits per heavy atom. The maximum Gasteiger partial charge on any atom is 0.253 e. The second kappa shape index (κ2) is 10.8. The highest BCUT2D eigenvalue weighted by molar-refractivity contribution is 7.89. The number of furan rings is 1. The molecular formula is C23H26N4O5S. The van der Waals surface area contributed by atoms with Crippen molar-refractivity contribution in [2.24, 2.45) is 0 Å². The van der Waals surface area contributed by atoms with E-state index in [0.29, 0.717) is 22.6 Å². The van der Waals surface area contributed by atoms with E-state index in [-0.39, 0.29) is 36.3 Å². The maximum atomic E-state index is 12.5. The number of para-hydroxylation sites is 1. The van der Waals surface area contributed by atoms with Crippen molar-refractivity contribution in [3.8, 4) is 0 Å². The summed E-state index contributed by atoms with van der Waals surface area (Å²) in [5.41, 5.74) is 1.37. The Morgan fingerprint density at radius 1 is 0.909 bits per heavy atom. The minimum absolute atomic E-state index is 0.0506. The Balaban J connectivity index is 1.59. The van der Waals surface area contributed by atoms with Crippen LogP contribution < -0.4 is 16.0 Å². The first kappa shape index (κ1) is 24.0. The smallest absolute Gasteiger partial charge is 0.253 e. The number of anilines is 1. The van der Waals surface area contributed by atoms with Gasteiger partial charge >= 0.3 is 0 Å². The molecular weight excluding hydrogens is 444 g/mol. The van der Waals surface area contributed by atoms with Crippen molar-refractivity contribution >= 4 is 27.5 Å². The molecule has 0 spiro atoms. The fourth-order valence-corrected chi connectivity index (χ4v) is 4.16. The summed E-state index contributed by atoms with van der Waals surface area (Å²) in [7, 11) is -0.722. The van der Waals surface area contributed by atoms with Crippen molar-refractivity contribution in [2.75, 3.05) is 26.0 Å². The lowest BCUT2D eigenvalue weighted by Crippen LogP contribution is -2.31. The molecule has 0 saturated heterocycles. The van der Waals surface area contributed by atoms with Gasteiger partial charge in [0, 0.05) is 26.3 Å². The van der Waals surface area contributed by atoms with Gasteiger partial charge < -0.3 is 20.4 Å². The van der Waals surface area contributed by atoms with Crippen LogP contribution in [-0.2, 0) is 27.9 Å². The van der Waals surface area contributed by atoms with Gasteiger partial charge in [-0.1, -0.05) is 30.3 Å². The third-order valence-corrected chi connectivity index (χ3v) is 6.74. The molecule has 0 aliphatic rings. The molecule has 33 heavy (non-hydrogen) atoms. The summed E-state index contributed by atoms with van der Waals surface area (Å²) in [6, 6.07) is 16.9. The van der Waals surface area contributed by atoms with Gasteiger partial charge in [-0.2, -0.15) is 0 Å². The number of nitrogens with one attached hydrogen (secondary N) is 3. The lowest BCUT2D eigenvalue weighted by molar-refractivity contribution is -0.119. The Labute approximate surface area is 192 Å². The first-order chi connectivity index (χ1) is 15.8. The number of carbonyl (C=O) groups is 2. The predicted octanol–water partition coefficient (Wildman–Crippen LogP) is 2.19. The van der Waals surface area contributed by atoms with Gasteiger partial charge in [-0.15, -0.1) is 0 Å². The number of nitrogens with zero attached hydrogens (tertiary/aromatic N) is 1. The van der Waals surface area contributed by atoms with E-state index in [2.05, 4.69) is 16.0 Å². The van der Waals surface area contributed by atoms with Gasteiger partial charge in [0.05, 0.1) is 29.8 Å². The molecule has 0 aliphatic heterocycles. The zero-order chi connectivity index (χ0) is 23.8. The van der Waals surface area contributed by atoms with E-state index in [1.54, 1.807) is 54.6 Å². The predicted molar refractivity (Wildman–Crippen MR) is 124 cm³/mol. The number of amides is 2. The van der Waals surface area contributed by atoms with Crippen LogP contribution in [0.4, 0.5) is 5.69 Å². The fraction of sp³-hybridized carbons (Fsp3) is 0.217. The van der Waals surface area contributed by atoms with Crippen LogP contribution in [0.1, 0.15) is 21.7 Å².